The number of guanidine groups is 1. The van der Waals surface area contributed by atoms with E-state index in [0.29, 0.717) is 39.3 Å². The van der Waals surface area contributed by atoms with Crippen molar-refractivity contribution in [1.82, 2.24) is 20.9 Å². The van der Waals surface area contributed by atoms with Gasteiger partial charge in [0.25, 0.3) is 0 Å². The fraction of sp³-hybridized carbons (Fsp3) is 0.667. The average Bonchev–Trinajstić information content (AvgIpc) is 3.48. The first-order valence-electron chi connectivity index (χ1n) is 10.9. The number of amides is 2. The van der Waals surface area contributed by atoms with E-state index in [0.717, 1.165) is 43.8 Å². The average molecular weight is 420 g/mol. The minimum atomic E-state index is -0.243. The standard InChI is InChI=1S/C21H33N5O4/c1-2-29-21(28)26-13-8-17(9-14-26)25-20(23-10-7-18-4-3-15-30-18)24-12-11-22-19(27)16-5-6-16/h3-4,15-17H,2,5-14H2,1H3,(H,22,27)(H2,23,24,25). The van der Waals surface area contributed by atoms with E-state index in [1.165, 1.54) is 0 Å². The fourth-order valence-electron chi connectivity index (χ4n) is 3.36. The summed E-state index contributed by atoms with van der Waals surface area (Å²) in [5.41, 5.74) is 0. The van der Waals surface area contributed by atoms with Gasteiger partial charge in [-0.25, -0.2) is 4.79 Å². The third kappa shape index (κ3) is 7.27. The highest BCUT2D eigenvalue weighted by Gasteiger charge is 2.29. The Bertz CT molecular complexity index is 694. The summed E-state index contributed by atoms with van der Waals surface area (Å²) in [6, 6.07) is 4.04. The number of aliphatic imine (C=N–C) groups is 1. The van der Waals surface area contributed by atoms with Crippen molar-refractivity contribution in [1.29, 1.82) is 0 Å². The Morgan fingerprint density at radius 2 is 1.97 bits per heavy atom. The van der Waals surface area contributed by atoms with Crippen LogP contribution in [0.15, 0.2) is 27.8 Å². The summed E-state index contributed by atoms with van der Waals surface area (Å²) >= 11 is 0. The number of likely N-dealkylation sites (tertiary alicyclic amines) is 1. The first-order chi connectivity index (χ1) is 14.7. The summed E-state index contributed by atoms with van der Waals surface area (Å²) < 4.78 is 10.4. The van der Waals surface area contributed by atoms with Crippen LogP contribution in [0.5, 0.6) is 0 Å². The molecule has 1 aromatic rings. The van der Waals surface area contributed by atoms with Crippen LogP contribution in [0.4, 0.5) is 4.79 Å². The SMILES string of the molecule is CCOC(=O)N1CCC(NC(=NCCc2ccco2)NCCNC(=O)C2CC2)CC1. The van der Waals surface area contributed by atoms with Gasteiger partial charge in [-0.3, -0.25) is 9.79 Å². The molecule has 1 aliphatic carbocycles. The molecule has 9 nitrogen and oxygen atoms in total. The number of ether oxygens (including phenoxy) is 1. The maximum absolute atomic E-state index is 11.9. The second kappa shape index (κ2) is 11.5. The van der Waals surface area contributed by atoms with Crippen molar-refractivity contribution < 1.29 is 18.7 Å². The van der Waals surface area contributed by atoms with Crippen molar-refractivity contribution in [3.8, 4) is 0 Å². The molecule has 166 valence electrons. The van der Waals surface area contributed by atoms with Gasteiger partial charge in [-0.2, -0.15) is 0 Å². The summed E-state index contributed by atoms with van der Waals surface area (Å²) in [5, 5.41) is 9.73. The smallest absolute Gasteiger partial charge is 0.409 e. The largest absolute Gasteiger partial charge is 0.469 e. The van der Waals surface area contributed by atoms with Crippen LogP contribution >= 0.6 is 0 Å². The van der Waals surface area contributed by atoms with Crippen LogP contribution in [0.3, 0.4) is 0 Å². The quantitative estimate of drug-likeness (QED) is 0.318. The molecule has 0 spiro atoms. The fourth-order valence-corrected chi connectivity index (χ4v) is 3.36. The molecule has 2 aliphatic rings. The third-order valence-corrected chi connectivity index (χ3v) is 5.23. The van der Waals surface area contributed by atoms with E-state index >= 15 is 0 Å². The normalized spacial score (nSPS) is 17.5. The van der Waals surface area contributed by atoms with Crippen molar-refractivity contribution in [2.24, 2.45) is 10.9 Å². The highest BCUT2D eigenvalue weighted by molar-refractivity contribution is 5.81. The Labute approximate surface area is 177 Å². The lowest BCUT2D eigenvalue weighted by molar-refractivity contribution is -0.122. The van der Waals surface area contributed by atoms with Crippen molar-refractivity contribution in [3.63, 3.8) is 0 Å². The molecule has 0 atom stereocenters. The molecule has 0 radical (unpaired) electrons. The molecule has 2 fully saturated rings. The predicted molar refractivity (Wildman–Crippen MR) is 113 cm³/mol. The van der Waals surface area contributed by atoms with Gasteiger partial charge in [0.1, 0.15) is 5.76 Å². The van der Waals surface area contributed by atoms with Gasteiger partial charge in [0.15, 0.2) is 5.96 Å². The number of piperidine rings is 1. The molecule has 0 aromatic carbocycles. The Kier molecular flexibility index (Phi) is 8.41. The molecule has 1 saturated heterocycles. The number of rotatable bonds is 9. The van der Waals surface area contributed by atoms with Gasteiger partial charge in [-0.15, -0.1) is 0 Å². The molecule has 30 heavy (non-hydrogen) atoms. The number of hydrogen-bond donors (Lipinski definition) is 3. The first kappa shape index (κ1) is 22.0. The van der Waals surface area contributed by atoms with Gasteiger partial charge in [-0.05, 0) is 44.7 Å². The zero-order valence-corrected chi connectivity index (χ0v) is 17.7. The second-order valence-corrected chi connectivity index (χ2v) is 7.66. The van der Waals surface area contributed by atoms with Crippen LogP contribution in [0.2, 0.25) is 0 Å². The summed E-state index contributed by atoms with van der Waals surface area (Å²) in [6.45, 7) is 5.30. The summed E-state index contributed by atoms with van der Waals surface area (Å²) in [5.74, 6) is 1.98. The van der Waals surface area contributed by atoms with Crippen molar-refractivity contribution in [2.75, 3.05) is 39.3 Å². The molecule has 0 bridgehead atoms. The number of carbonyl (C=O) groups excluding carboxylic acids is 2. The molecule has 1 aromatic heterocycles. The molecule has 2 heterocycles. The Hall–Kier alpha value is -2.71. The molecular weight excluding hydrogens is 386 g/mol. The van der Waals surface area contributed by atoms with E-state index in [9.17, 15) is 9.59 Å². The lowest BCUT2D eigenvalue weighted by Gasteiger charge is -2.32. The number of carbonyl (C=O) groups is 2. The minimum Gasteiger partial charge on any atom is -0.469 e. The Morgan fingerprint density at radius 1 is 1.20 bits per heavy atom. The molecule has 3 N–H and O–H groups in total. The lowest BCUT2D eigenvalue weighted by atomic mass is 10.1. The number of nitrogens with zero attached hydrogens (tertiary/aromatic N) is 2. The van der Waals surface area contributed by atoms with E-state index in [1.807, 2.05) is 19.1 Å². The van der Waals surface area contributed by atoms with Crippen molar-refractivity contribution in [3.05, 3.63) is 24.2 Å². The maximum atomic E-state index is 11.9. The van der Waals surface area contributed by atoms with Crippen LogP contribution in [-0.2, 0) is 16.0 Å². The number of hydrogen-bond acceptors (Lipinski definition) is 5. The highest BCUT2D eigenvalue weighted by Crippen LogP contribution is 2.28. The van der Waals surface area contributed by atoms with Gasteiger partial charge in [0, 0.05) is 51.1 Å². The molecule has 0 unspecified atom stereocenters. The molecule has 1 saturated carbocycles. The number of nitrogens with one attached hydrogen (secondary N) is 3. The Morgan fingerprint density at radius 3 is 2.63 bits per heavy atom. The molecule has 1 aliphatic heterocycles. The lowest BCUT2D eigenvalue weighted by Crippen LogP contribution is -2.50. The monoisotopic (exact) mass is 419 g/mol. The van der Waals surface area contributed by atoms with E-state index < -0.39 is 0 Å². The van der Waals surface area contributed by atoms with Gasteiger partial charge < -0.3 is 30.0 Å². The van der Waals surface area contributed by atoms with Gasteiger partial charge in [0.2, 0.25) is 5.91 Å². The summed E-state index contributed by atoms with van der Waals surface area (Å²) in [4.78, 5) is 30.0. The predicted octanol–water partition coefficient (Wildman–Crippen LogP) is 1.50. The van der Waals surface area contributed by atoms with E-state index in [-0.39, 0.29) is 24.0 Å². The van der Waals surface area contributed by atoms with Crippen LogP contribution in [0.25, 0.3) is 0 Å². The van der Waals surface area contributed by atoms with Crippen LogP contribution in [0, 0.1) is 5.92 Å². The zero-order valence-electron chi connectivity index (χ0n) is 17.7. The molecule has 9 heteroatoms. The second-order valence-electron chi connectivity index (χ2n) is 7.66. The summed E-state index contributed by atoms with van der Waals surface area (Å²) in [7, 11) is 0. The third-order valence-electron chi connectivity index (χ3n) is 5.23. The van der Waals surface area contributed by atoms with Gasteiger partial charge in [-0.1, -0.05) is 0 Å². The van der Waals surface area contributed by atoms with E-state index in [1.54, 1.807) is 11.2 Å². The van der Waals surface area contributed by atoms with Crippen LogP contribution < -0.4 is 16.0 Å². The first-order valence-corrected chi connectivity index (χ1v) is 10.9. The summed E-state index contributed by atoms with van der Waals surface area (Å²) in [6.07, 6.45) is 5.81. The van der Waals surface area contributed by atoms with Crippen molar-refractivity contribution in [2.45, 2.75) is 45.1 Å². The molecular formula is C21H33N5O4. The minimum absolute atomic E-state index is 0.146. The van der Waals surface area contributed by atoms with Crippen LogP contribution in [-0.4, -0.2) is 68.2 Å². The topological polar surface area (TPSA) is 108 Å². The highest BCUT2D eigenvalue weighted by atomic mass is 16.6. The van der Waals surface area contributed by atoms with Crippen LogP contribution in [0.1, 0.15) is 38.4 Å². The van der Waals surface area contributed by atoms with E-state index in [2.05, 4.69) is 20.9 Å². The maximum Gasteiger partial charge on any atom is 0.409 e. The Balaban J connectivity index is 1.44. The van der Waals surface area contributed by atoms with E-state index in [4.69, 9.17) is 9.15 Å². The number of furan rings is 1. The van der Waals surface area contributed by atoms with Gasteiger partial charge >= 0.3 is 6.09 Å². The van der Waals surface area contributed by atoms with Gasteiger partial charge in [0.05, 0.1) is 12.9 Å². The molecule has 2 amide bonds. The molecule has 3 rings (SSSR count). The van der Waals surface area contributed by atoms with Crippen molar-refractivity contribution >= 4 is 18.0 Å². The zero-order chi connectivity index (χ0) is 21.2.